The first-order chi connectivity index (χ1) is 7.66. The van der Waals surface area contributed by atoms with E-state index in [1.165, 1.54) is 5.56 Å². The minimum absolute atomic E-state index is 0.415. The number of ether oxygens (including phenoxy) is 1. The quantitative estimate of drug-likeness (QED) is 0.817. The maximum Gasteiger partial charge on any atom is 0.334 e. The maximum atomic E-state index is 10.8. The average molecular weight is 221 g/mol. The zero-order valence-corrected chi connectivity index (χ0v) is 9.22. The van der Waals surface area contributed by atoms with E-state index in [0.29, 0.717) is 13.2 Å². The number of hydrogen-bond acceptors (Lipinski definition) is 3. The van der Waals surface area contributed by atoms with Crippen LogP contribution in [0.1, 0.15) is 5.56 Å². The molecule has 0 radical (unpaired) electrons. The van der Waals surface area contributed by atoms with Crippen molar-refractivity contribution in [2.24, 2.45) is 0 Å². The van der Waals surface area contributed by atoms with Crippen molar-refractivity contribution in [3.05, 3.63) is 29.8 Å². The predicted molar refractivity (Wildman–Crippen MR) is 60.8 cm³/mol. The van der Waals surface area contributed by atoms with Gasteiger partial charge < -0.3 is 14.7 Å². The first kappa shape index (κ1) is 11.0. The van der Waals surface area contributed by atoms with Crippen molar-refractivity contribution >= 4 is 11.7 Å². The van der Waals surface area contributed by atoms with E-state index < -0.39 is 12.1 Å². The van der Waals surface area contributed by atoms with Crippen molar-refractivity contribution in [3.63, 3.8) is 0 Å². The molecule has 1 saturated heterocycles. The Morgan fingerprint density at radius 2 is 2.38 bits per heavy atom. The number of aryl methyl sites for hydroxylation is 1. The topological polar surface area (TPSA) is 49.8 Å². The minimum Gasteiger partial charge on any atom is -0.479 e. The van der Waals surface area contributed by atoms with Crippen molar-refractivity contribution < 1.29 is 14.6 Å². The molecule has 1 atom stereocenters. The van der Waals surface area contributed by atoms with Gasteiger partial charge in [0.25, 0.3) is 0 Å². The first-order valence-corrected chi connectivity index (χ1v) is 5.33. The molecule has 16 heavy (non-hydrogen) atoms. The van der Waals surface area contributed by atoms with E-state index in [0.717, 1.165) is 12.2 Å². The zero-order chi connectivity index (χ0) is 11.5. The molecule has 0 spiro atoms. The first-order valence-electron chi connectivity index (χ1n) is 5.33. The Morgan fingerprint density at radius 1 is 1.56 bits per heavy atom. The third-order valence-electron chi connectivity index (χ3n) is 2.71. The zero-order valence-electron chi connectivity index (χ0n) is 9.22. The number of anilines is 1. The molecule has 1 aromatic rings. The molecule has 0 aromatic heterocycles. The van der Waals surface area contributed by atoms with E-state index in [4.69, 9.17) is 9.84 Å². The molecule has 1 heterocycles. The minimum atomic E-state index is -0.891. The number of rotatable bonds is 2. The standard InChI is InChI=1S/C12H15NO3/c1-9-3-2-4-10(7-9)13-5-6-16-11(8-13)12(14)15/h2-4,7,11H,5-6,8H2,1H3,(H,14,15)/t11-/m0/s1. The molecule has 1 N–H and O–H groups in total. The Balaban J connectivity index is 2.12. The molecule has 1 aliphatic heterocycles. The summed E-state index contributed by atoms with van der Waals surface area (Å²) in [6, 6.07) is 8.07. The highest BCUT2D eigenvalue weighted by Gasteiger charge is 2.26. The molecule has 0 saturated carbocycles. The SMILES string of the molecule is Cc1cccc(N2CCO[C@H](C(=O)O)C2)c1. The van der Waals surface area contributed by atoms with Crippen LogP contribution in [0.3, 0.4) is 0 Å². The third-order valence-corrected chi connectivity index (χ3v) is 2.71. The molecule has 1 aliphatic rings. The molecule has 0 amide bonds. The van der Waals surface area contributed by atoms with Gasteiger partial charge in [0.15, 0.2) is 6.10 Å². The fourth-order valence-electron chi connectivity index (χ4n) is 1.86. The Hall–Kier alpha value is -1.55. The number of carboxylic acids is 1. The van der Waals surface area contributed by atoms with Gasteiger partial charge in [-0.05, 0) is 24.6 Å². The fourth-order valence-corrected chi connectivity index (χ4v) is 1.86. The Labute approximate surface area is 94.4 Å². The summed E-state index contributed by atoms with van der Waals surface area (Å²) in [7, 11) is 0. The van der Waals surface area contributed by atoms with Gasteiger partial charge in [0.05, 0.1) is 13.2 Å². The van der Waals surface area contributed by atoms with E-state index in [9.17, 15) is 4.79 Å². The lowest BCUT2D eigenvalue weighted by Gasteiger charge is -2.32. The van der Waals surface area contributed by atoms with E-state index in [1.54, 1.807) is 0 Å². The average Bonchev–Trinajstić information content (AvgIpc) is 2.29. The number of aliphatic carboxylic acids is 1. The maximum absolute atomic E-state index is 10.8. The Kier molecular flexibility index (Phi) is 3.10. The van der Waals surface area contributed by atoms with Gasteiger partial charge in [0.2, 0.25) is 0 Å². The molecule has 4 nitrogen and oxygen atoms in total. The van der Waals surface area contributed by atoms with Crippen LogP contribution in [0.25, 0.3) is 0 Å². The number of hydrogen-bond donors (Lipinski definition) is 1. The summed E-state index contributed by atoms with van der Waals surface area (Å²) in [5, 5.41) is 8.91. The van der Waals surface area contributed by atoms with Crippen LogP contribution < -0.4 is 4.90 Å². The Bertz CT molecular complexity index is 392. The summed E-state index contributed by atoms with van der Waals surface area (Å²) in [5.74, 6) is -0.891. The smallest absolute Gasteiger partial charge is 0.334 e. The molecule has 0 aliphatic carbocycles. The van der Waals surface area contributed by atoms with Crippen LogP contribution in [-0.4, -0.2) is 36.9 Å². The number of morpholine rings is 1. The largest absolute Gasteiger partial charge is 0.479 e. The summed E-state index contributed by atoms with van der Waals surface area (Å²) in [6.07, 6.45) is -0.714. The molecular weight excluding hydrogens is 206 g/mol. The molecular formula is C12H15NO3. The normalized spacial score (nSPS) is 20.8. The molecule has 4 heteroatoms. The van der Waals surface area contributed by atoms with Crippen LogP contribution in [0.5, 0.6) is 0 Å². The summed E-state index contributed by atoms with van der Waals surface area (Å²) in [5.41, 5.74) is 2.24. The summed E-state index contributed by atoms with van der Waals surface area (Å²) in [4.78, 5) is 12.9. The van der Waals surface area contributed by atoms with Crippen molar-refractivity contribution in [2.45, 2.75) is 13.0 Å². The van der Waals surface area contributed by atoms with Crippen LogP contribution >= 0.6 is 0 Å². The van der Waals surface area contributed by atoms with E-state index in [-0.39, 0.29) is 0 Å². The van der Waals surface area contributed by atoms with Gasteiger partial charge >= 0.3 is 5.97 Å². The fraction of sp³-hybridized carbons (Fsp3) is 0.417. The summed E-state index contributed by atoms with van der Waals surface area (Å²) < 4.78 is 5.18. The van der Waals surface area contributed by atoms with Gasteiger partial charge in [0, 0.05) is 12.2 Å². The summed E-state index contributed by atoms with van der Waals surface area (Å²) >= 11 is 0. The number of benzene rings is 1. The van der Waals surface area contributed by atoms with Crippen molar-refractivity contribution in [2.75, 3.05) is 24.6 Å². The van der Waals surface area contributed by atoms with E-state index in [1.807, 2.05) is 25.1 Å². The number of nitrogens with zero attached hydrogens (tertiary/aromatic N) is 1. The predicted octanol–water partition coefficient (Wildman–Crippen LogP) is 1.28. The van der Waals surface area contributed by atoms with Crippen LogP contribution in [0, 0.1) is 6.92 Å². The van der Waals surface area contributed by atoms with Crippen molar-refractivity contribution in [1.82, 2.24) is 0 Å². The van der Waals surface area contributed by atoms with Crippen LogP contribution in [0.15, 0.2) is 24.3 Å². The van der Waals surface area contributed by atoms with E-state index in [2.05, 4.69) is 11.0 Å². The van der Waals surface area contributed by atoms with Gasteiger partial charge in [-0.15, -0.1) is 0 Å². The highest BCUT2D eigenvalue weighted by atomic mass is 16.5. The van der Waals surface area contributed by atoms with Crippen LogP contribution in [0.4, 0.5) is 5.69 Å². The van der Waals surface area contributed by atoms with Gasteiger partial charge in [0.1, 0.15) is 0 Å². The van der Waals surface area contributed by atoms with Crippen molar-refractivity contribution in [1.29, 1.82) is 0 Å². The second-order valence-corrected chi connectivity index (χ2v) is 3.98. The highest BCUT2D eigenvalue weighted by molar-refractivity contribution is 5.73. The number of carboxylic acid groups (broad SMARTS) is 1. The molecule has 1 fully saturated rings. The Morgan fingerprint density at radius 3 is 3.06 bits per heavy atom. The third kappa shape index (κ3) is 2.33. The van der Waals surface area contributed by atoms with Crippen LogP contribution in [-0.2, 0) is 9.53 Å². The molecule has 86 valence electrons. The van der Waals surface area contributed by atoms with Gasteiger partial charge in [-0.25, -0.2) is 4.79 Å². The van der Waals surface area contributed by atoms with Gasteiger partial charge in [-0.3, -0.25) is 0 Å². The second-order valence-electron chi connectivity index (χ2n) is 3.98. The monoisotopic (exact) mass is 221 g/mol. The van der Waals surface area contributed by atoms with E-state index >= 15 is 0 Å². The molecule has 0 bridgehead atoms. The summed E-state index contributed by atoms with van der Waals surface area (Å²) in [6.45, 7) is 3.65. The lowest BCUT2D eigenvalue weighted by molar-refractivity contribution is -0.150. The molecule has 1 aromatic carbocycles. The second kappa shape index (κ2) is 4.53. The van der Waals surface area contributed by atoms with Gasteiger partial charge in [-0.2, -0.15) is 0 Å². The van der Waals surface area contributed by atoms with Gasteiger partial charge in [-0.1, -0.05) is 12.1 Å². The molecule has 0 unspecified atom stereocenters. The molecule has 2 rings (SSSR count). The number of carbonyl (C=O) groups is 1. The van der Waals surface area contributed by atoms with Crippen molar-refractivity contribution in [3.8, 4) is 0 Å². The van der Waals surface area contributed by atoms with Crippen LogP contribution in [0.2, 0.25) is 0 Å². The highest BCUT2D eigenvalue weighted by Crippen LogP contribution is 2.18. The lowest BCUT2D eigenvalue weighted by atomic mass is 10.2. The lowest BCUT2D eigenvalue weighted by Crippen LogP contribution is -2.46.